The predicted molar refractivity (Wildman–Crippen MR) is 88.7 cm³/mol. The van der Waals surface area contributed by atoms with E-state index in [2.05, 4.69) is 4.72 Å². The normalized spacial score (nSPS) is 23.9. The molecule has 2 N–H and O–H groups in total. The first-order valence-electron chi connectivity index (χ1n) is 7.55. The zero-order chi connectivity index (χ0) is 17.7. The lowest BCUT2D eigenvalue weighted by Gasteiger charge is -2.31. The van der Waals surface area contributed by atoms with E-state index in [1.54, 1.807) is 44.4 Å². The minimum atomic E-state index is -3.72. The molecule has 0 aromatic heterocycles. The van der Waals surface area contributed by atoms with Crippen LogP contribution in [-0.2, 0) is 19.6 Å². The monoisotopic (exact) mass is 354 g/mol. The van der Waals surface area contributed by atoms with Crippen molar-refractivity contribution in [1.29, 1.82) is 0 Å². The maximum atomic E-state index is 12.4. The van der Waals surface area contributed by atoms with Crippen LogP contribution in [0.2, 0.25) is 0 Å². The molecule has 0 saturated heterocycles. The predicted octanol–water partition coefficient (Wildman–Crippen LogP) is 0.128. The fourth-order valence-corrected chi connectivity index (χ4v) is 3.55. The highest BCUT2D eigenvalue weighted by atomic mass is 32.2. The van der Waals surface area contributed by atoms with E-state index in [-0.39, 0.29) is 23.8 Å². The summed E-state index contributed by atoms with van der Waals surface area (Å²) in [6.45, 7) is -0.362. The van der Waals surface area contributed by atoms with Gasteiger partial charge in [-0.25, -0.2) is 13.1 Å². The number of hydrogen-bond acceptors (Lipinski definition) is 5. The summed E-state index contributed by atoms with van der Waals surface area (Å²) in [5, 5.41) is 9.50. The average molecular weight is 354 g/mol. The Kier molecular flexibility index (Phi) is 6.11. The highest BCUT2D eigenvalue weighted by Crippen LogP contribution is 2.18. The number of carbonyl (C=O) groups is 1. The molecular weight excluding hydrogens is 332 g/mol. The molecule has 0 fully saturated rings. The van der Waals surface area contributed by atoms with Crippen molar-refractivity contribution < 1.29 is 23.1 Å². The molecule has 0 spiro atoms. The fourth-order valence-electron chi connectivity index (χ4n) is 2.31. The molecule has 0 aliphatic carbocycles. The largest absolute Gasteiger partial charge is 0.394 e. The maximum Gasteiger partial charge on any atom is 0.241 e. The first kappa shape index (κ1) is 18.6. The molecule has 2 rings (SSSR count). The third kappa shape index (κ3) is 4.64. The topological polar surface area (TPSA) is 95.9 Å². The van der Waals surface area contributed by atoms with E-state index in [4.69, 9.17) is 4.74 Å². The van der Waals surface area contributed by atoms with Gasteiger partial charge in [-0.3, -0.25) is 4.79 Å². The Morgan fingerprint density at radius 1 is 1.25 bits per heavy atom. The van der Waals surface area contributed by atoms with Crippen LogP contribution in [0.4, 0.5) is 0 Å². The second kappa shape index (κ2) is 7.89. The van der Waals surface area contributed by atoms with Gasteiger partial charge in [-0.15, -0.1) is 0 Å². The van der Waals surface area contributed by atoms with Crippen LogP contribution in [0.3, 0.4) is 0 Å². The number of sulfonamides is 1. The zero-order valence-electron chi connectivity index (χ0n) is 13.6. The number of aliphatic hydroxyl groups is 1. The van der Waals surface area contributed by atoms with Crippen molar-refractivity contribution in [3.63, 3.8) is 0 Å². The second-order valence-corrected chi connectivity index (χ2v) is 7.45. The number of carbonyl (C=O) groups excluding carboxylic acids is 1. The van der Waals surface area contributed by atoms with E-state index in [0.717, 1.165) is 0 Å². The molecule has 0 radical (unpaired) electrons. The Morgan fingerprint density at radius 3 is 2.50 bits per heavy atom. The van der Waals surface area contributed by atoms with Crippen LogP contribution < -0.4 is 4.72 Å². The van der Waals surface area contributed by atoms with Gasteiger partial charge in [0.05, 0.1) is 30.1 Å². The van der Waals surface area contributed by atoms with Crippen molar-refractivity contribution in [3.05, 3.63) is 42.5 Å². The average Bonchev–Trinajstić information content (AvgIpc) is 2.56. The molecule has 8 heteroatoms. The smallest absolute Gasteiger partial charge is 0.241 e. The Labute approximate surface area is 142 Å². The molecule has 1 amide bonds. The number of ether oxygens (including phenoxy) is 1. The third-order valence-corrected chi connectivity index (χ3v) is 5.16. The number of nitrogens with one attached hydrogen (secondary N) is 1. The molecule has 1 heterocycles. The van der Waals surface area contributed by atoms with E-state index in [9.17, 15) is 18.3 Å². The molecule has 3 atom stereocenters. The Morgan fingerprint density at radius 2 is 1.92 bits per heavy atom. The van der Waals surface area contributed by atoms with E-state index in [0.29, 0.717) is 0 Å². The number of nitrogens with zero attached hydrogens (tertiary/aromatic N) is 1. The Hall–Kier alpha value is -1.74. The summed E-state index contributed by atoms with van der Waals surface area (Å²) >= 11 is 0. The molecule has 132 valence electrons. The SMILES string of the molecule is CN(C)C(=O)C[C@@H]1C=C[C@@H](NS(=O)(=O)c2ccccc2)[C@H](CO)O1. The quantitative estimate of drug-likeness (QED) is 0.708. The highest BCUT2D eigenvalue weighted by Gasteiger charge is 2.31. The zero-order valence-corrected chi connectivity index (χ0v) is 14.4. The maximum absolute atomic E-state index is 12.4. The molecule has 1 aromatic carbocycles. The third-order valence-electron chi connectivity index (χ3n) is 3.68. The minimum Gasteiger partial charge on any atom is -0.394 e. The lowest BCUT2D eigenvalue weighted by atomic mass is 10.1. The minimum absolute atomic E-state index is 0.107. The van der Waals surface area contributed by atoms with Crippen molar-refractivity contribution >= 4 is 15.9 Å². The van der Waals surface area contributed by atoms with Crippen molar-refractivity contribution in [2.24, 2.45) is 0 Å². The van der Waals surface area contributed by atoms with Crippen LogP contribution in [0.1, 0.15) is 6.42 Å². The summed E-state index contributed by atoms with van der Waals surface area (Å²) in [4.78, 5) is 13.3. The lowest BCUT2D eigenvalue weighted by molar-refractivity contribution is -0.132. The van der Waals surface area contributed by atoms with Gasteiger partial charge >= 0.3 is 0 Å². The number of aliphatic hydroxyl groups excluding tert-OH is 1. The molecule has 1 aliphatic heterocycles. The summed E-state index contributed by atoms with van der Waals surface area (Å²) in [5.74, 6) is -0.107. The highest BCUT2D eigenvalue weighted by molar-refractivity contribution is 7.89. The van der Waals surface area contributed by atoms with E-state index in [1.165, 1.54) is 17.0 Å². The summed E-state index contributed by atoms with van der Waals surface area (Å²) in [5.41, 5.74) is 0. The van der Waals surface area contributed by atoms with E-state index >= 15 is 0 Å². The second-order valence-electron chi connectivity index (χ2n) is 5.73. The van der Waals surface area contributed by atoms with Gasteiger partial charge in [0.15, 0.2) is 0 Å². The van der Waals surface area contributed by atoms with Crippen LogP contribution in [0.15, 0.2) is 47.4 Å². The van der Waals surface area contributed by atoms with Gasteiger partial charge in [0.2, 0.25) is 15.9 Å². The molecule has 1 aromatic rings. The van der Waals surface area contributed by atoms with Crippen LogP contribution in [0.5, 0.6) is 0 Å². The number of benzene rings is 1. The van der Waals surface area contributed by atoms with Gasteiger partial charge in [0, 0.05) is 14.1 Å². The summed E-state index contributed by atoms with van der Waals surface area (Å²) < 4.78 is 32.9. The summed E-state index contributed by atoms with van der Waals surface area (Å²) in [6, 6.07) is 7.27. The molecule has 0 unspecified atom stereocenters. The number of rotatable bonds is 6. The molecular formula is C16H22N2O5S. The van der Waals surface area contributed by atoms with Crippen molar-refractivity contribution in [3.8, 4) is 0 Å². The van der Waals surface area contributed by atoms with Crippen molar-refractivity contribution in [1.82, 2.24) is 9.62 Å². The molecule has 0 bridgehead atoms. The van der Waals surface area contributed by atoms with Gasteiger partial charge in [-0.05, 0) is 12.1 Å². The van der Waals surface area contributed by atoms with Crippen LogP contribution in [0, 0.1) is 0 Å². The van der Waals surface area contributed by atoms with Gasteiger partial charge in [-0.1, -0.05) is 30.4 Å². The van der Waals surface area contributed by atoms with Gasteiger partial charge in [0.1, 0.15) is 6.10 Å². The van der Waals surface area contributed by atoms with Gasteiger partial charge < -0.3 is 14.7 Å². The first-order chi connectivity index (χ1) is 11.3. The number of hydrogen-bond donors (Lipinski definition) is 2. The molecule has 24 heavy (non-hydrogen) atoms. The van der Waals surface area contributed by atoms with E-state index < -0.39 is 28.3 Å². The Balaban J connectivity index is 2.09. The molecule has 1 aliphatic rings. The van der Waals surface area contributed by atoms with Crippen molar-refractivity contribution in [2.75, 3.05) is 20.7 Å². The summed E-state index contributed by atoms with van der Waals surface area (Å²) in [7, 11) is -0.428. The lowest BCUT2D eigenvalue weighted by Crippen LogP contribution is -2.48. The van der Waals surface area contributed by atoms with E-state index in [1.807, 2.05) is 0 Å². The first-order valence-corrected chi connectivity index (χ1v) is 9.04. The van der Waals surface area contributed by atoms with Gasteiger partial charge in [0.25, 0.3) is 0 Å². The molecule has 7 nitrogen and oxygen atoms in total. The Bertz CT molecular complexity index is 688. The fraction of sp³-hybridized carbons (Fsp3) is 0.438. The van der Waals surface area contributed by atoms with Crippen LogP contribution in [-0.4, -0.2) is 63.3 Å². The van der Waals surface area contributed by atoms with Crippen LogP contribution >= 0.6 is 0 Å². The molecule has 0 saturated carbocycles. The standard InChI is InChI=1S/C16H22N2O5S/c1-18(2)16(20)10-12-8-9-14(15(11-19)23-12)17-24(21,22)13-6-4-3-5-7-13/h3-9,12,14-15,17,19H,10-11H2,1-2H3/t12-,14+,15-/m0/s1. The van der Waals surface area contributed by atoms with Gasteiger partial charge in [-0.2, -0.15) is 0 Å². The van der Waals surface area contributed by atoms with Crippen LogP contribution in [0.25, 0.3) is 0 Å². The summed E-state index contributed by atoms with van der Waals surface area (Å²) in [6.07, 6.45) is 2.16. The van der Waals surface area contributed by atoms with Crippen molar-refractivity contribution in [2.45, 2.75) is 29.6 Å². The number of amides is 1.